The smallest absolute Gasteiger partial charge is 0.253 e. The van der Waals surface area contributed by atoms with Gasteiger partial charge in [0.05, 0.1) is 29.4 Å². The topological polar surface area (TPSA) is 81.1 Å². The number of amides is 1. The third-order valence-electron chi connectivity index (χ3n) is 2.82. The lowest BCUT2D eigenvalue weighted by atomic mass is 10.1. The van der Waals surface area contributed by atoms with Crippen molar-refractivity contribution in [1.29, 1.82) is 0 Å². The first-order chi connectivity index (χ1) is 9.06. The molecule has 2 aromatic rings. The van der Waals surface area contributed by atoms with Gasteiger partial charge in [-0.1, -0.05) is 0 Å². The standard InChI is InChI=1S/C14H17N3O2/c1-9(6-12-4-3-5-19-12)17-14(18)13-7-11(15)8-16-10(13)2/h3-5,7-9H,6,15H2,1-2H3,(H,17,18). The second-order valence-corrected chi connectivity index (χ2v) is 4.56. The molecule has 5 nitrogen and oxygen atoms in total. The summed E-state index contributed by atoms with van der Waals surface area (Å²) in [5, 5.41) is 2.91. The molecule has 1 atom stereocenters. The van der Waals surface area contributed by atoms with Crippen LogP contribution in [-0.4, -0.2) is 16.9 Å². The van der Waals surface area contributed by atoms with E-state index in [0.29, 0.717) is 23.4 Å². The van der Waals surface area contributed by atoms with E-state index >= 15 is 0 Å². The number of nitrogens with two attached hydrogens (primary N) is 1. The first-order valence-corrected chi connectivity index (χ1v) is 6.11. The lowest BCUT2D eigenvalue weighted by Crippen LogP contribution is -2.34. The van der Waals surface area contributed by atoms with E-state index in [1.807, 2.05) is 19.1 Å². The molecule has 1 amide bonds. The van der Waals surface area contributed by atoms with Crippen LogP contribution in [-0.2, 0) is 6.42 Å². The van der Waals surface area contributed by atoms with E-state index in [1.165, 1.54) is 0 Å². The van der Waals surface area contributed by atoms with E-state index in [1.54, 1.807) is 25.5 Å². The van der Waals surface area contributed by atoms with Gasteiger partial charge in [-0.15, -0.1) is 0 Å². The van der Waals surface area contributed by atoms with Crippen LogP contribution < -0.4 is 11.1 Å². The summed E-state index contributed by atoms with van der Waals surface area (Å²) in [7, 11) is 0. The fourth-order valence-corrected chi connectivity index (χ4v) is 1.86. The monoisotopic (exact) mass is 259 g/mol. The maximum atomic E-state index is 12.1. The number of hydrogen-bond donors (Lipinski definition) is 2. The number of carbonyl (C=O) groups excluding carboxylic acids is 1. The van der Waals surface area contributed by atoms with Crippen LogP contribution in [0.4, 0.5) is 5.69 Å². The Morgan fingerprint density at radius 2 is 2.37 bits per heavy atom. The summed E-state index contributed by atoms with van der Waals surface area (Å²) in [4.78, 5) is 16.2. The number of aromatic nitrogens is 1. The van der Waals surface area contributed by atoms with E-state index in [0.717, 1.165) is 5.76 Å². The minimum atomic E-state index is -0.170. The van der Waals surface area contributed by atoms with Crippen molar-refractivity contribution in [1.82, 2.24) is 10.3 Å². The summed E-state index contributed by atoms with van der Waals surface area (Å²) in [6.07, 6.45) is 3.81. The Bertz CT molecular complexity index is 564. The summed E-state index contributed by atoms with van der Waals surface area (Å²) in [5.41, 5.74) is 7.30. The number of nitrogens with one attached hydrogen (secondary N) is 1. The molecule has 2 heterocycles. The van der Waals surface area contributed by atoms with Crippen LogP contribution in [0.2, 0.25) is 0 Å². The number of hydrogen-bond acceptors (Lipinski definition) is 4. The SMILES string of the molecule is Cc1ncc(N)cc1C(=O)NC(C)Cc1ccco1. The Morgan fingerprint density at radius 3 is 3.05 bits per heavy atom. The van der Waals surface area contributed by atoms with Crippen LogP contribution in [0.1, 0.15) is 28.7 Å². The average molecular weight is 259 g/mol. The molecule has 0 aromatic carbocycles. The van der Waals surface area contributed by atoms with Crippen LogP contribution in [0, 0.1) is 6.92 Å². The van der Waals surface area contributed by atoms with Gasteiger partial charge in [-0.3, -0.25) is 9.78 Å². The van der Waals surface area contributed by atoms with E-state index < -0.39 is 0 Å². The summed E-state index contributed by atoms with van der Waals surface area (Å²) in [6, 6.07) is 5.32. The van der Waals surface area contributed by atoms with Gasteiger partial charge in [0.2, 0.25) is 0 Å². The predicted octanol–water partition coefficient (Wildman–Crippen LogP) is 1.93. The number of nitrogen functional groups attached to an aromatic ring is 1. The van der Waals surface area contributed by atoms with Gasteiger partial charge in [-0.2, -0.15) is 0 Å². The van der Waals surface area contributed by atoms with Gasteiger partial charge in [0.15, 0.2) is 0 Å². The molecule has 0 bridgehead atoms. The quantitative estimate of drug-likeness (QED) is 0.879. The molecular weight excluding hydrogens is 242 g/mol. The number of carbonyl (C=O) groups is 1. The van der Waals surface area contributed by atoms with Crippen molar-refractivity contribution >= 4 is 11.6 Å². The van der Waals surface area contributed by atoms with Crippen molar-refractivity contribution in [2.45, 2.75) is 26.3 Å². The largest absolute Gasteiger partial charge is 0.469 e. The number of rotatable bonds is 4. The van der Waals surface area contributed by atoms with Crippen molar-refractivity contribution in [3.8, 4) is 0 Å². The Kier molecular flexibility index (Phi) is 3.85. The molecule has 0 saturated heterocycles. The second-order valence-electron chi connectivity index (χ2n) is 4.56. The molecule has 0 aliphatic heterocycles. The average Bonchev–Trinajstić information content (AvgIpc) is 2.84. The van der Waals surface area contributed by atoms with Gasteiger partial charge in [0.1, 0.15) is 5.76 Å². The summed E-state index contributed by atoms with van der Waals surface area (Å²) in [5.74, 6) is 0.673. The highest BCUT2D eigenvalue weighted by Gasteiger charge is 2.14. The van der Waals surface area contributed by atoms with Crippen LogP contribution in [0.15, 0.2) is 35.1 Å². The highest BCUT2D eigenvalue weighted by molar-refractivity contribution is 5.96. The zero-order valence-corrected chi connectivity index (χ0v) is 11.0. The van der Waals surface area contributed by atoms with Crippen molar-refractivity contribution in [2.24, 2.45) is 0 Å². The number of aryl methyl sites for hydroxylation is 1. The molecule has 3 N–H and O–H groups in total. The number of nitrogens with zero attached hydrogens (tertiary/aromatic N) is 1. The molecule has 0 fully saturated rings. The van der Waals surface area contributed by atoms with E-state index in [9.17, 15) is 4.79 Å². The van der Waals surface area contributed by atoms with E-state index in [-0.39, 0.29) is 11.9 Å². The first kappa shape index (κ1) is 13.1. The fourth-order valence-electron chi connectivity index (χ4n) is 1.86. The number of anilines is 1. The molecule has 0 spiro atoms. The highest BCUT2D eigenvalue weighted by atomic mass is 16.3. The van der Waals surface area contributed by atoms with Crippen molar-refractivity contribution in [3.63, 3.8) is 0 Å². The Morgan fingerprint density at radius 1 is 1.58 bits per heavy atom. The molecule has 0 radical (unpaired) electrons. The minimum Gasteiger partial charge on any atom is -0.469 e. The van der Waals surface area contributed by atoms with Crippen LogP contribution in [0.3, 0.4) is 0 Å². The summed E-state index contributed by atoms with van der Waals surface area (Å²) < 4.78 is 5.25. The second kappa shape index (κ2) is 5.56. The maximum Gasteiger partial charge on any atom is 0.253 e. The van der Waals surface area contributed by atoms with Crippen LogP contribution in [0.25, 0.3) is 0 Å². The first-order valence-electron chi connectivity index (χ1n) is 6.11. The van der Waals surface area contributed by atoms with Gasteiger partial charge < -0.3 is 15.5 Å². The maximum absolute atomic E-state index is 12.1. The van der Waals surface area contributed by atoms with Crippen molar-refractivity contribution in [2.75, 3.05) is 5.73 Å². The Hall–Kier alpha value is -2.30. The molecule has 5 heteroatoms. The number of furan rings is 1. The third kappa shape index (κ3) is 3.34. The highest BCUT2D eigenvalue weighted by Crippen LogP contribution is 2.10. The molecular formula is C14H17N3O2. The lowest BCUT2D eigenvalue weighted by Gasteiger charge is -2.13. The summed E-state index contributed by atoms with van der Waals surface area (Å²) >= 11 is 0. The van der Waals surface area contributed by atoms with Crippen molar-refractivity contribution < 1.29 is 9.21 Å². The van der Waals surface area contributed by atoms with E-state index in [2.05, 4.69) is 10.3 Å². The van der Waals surface area contributed by atoms with E-state index in [4.69, 9.17) is 10.2 Å². The molecule has 0 saturated carbocycles. The predicted molar refractivity (Wildman–Crippen MR) is 72.7 cm³/mol. The fraction of sp³-hybridized carbons (Fsp3) is 0.286. The van der Waals surface area contributed by atoms with Gasteiger partial charge in [0.25, 0.3) is 5.91 Å². The van der Waals surface area contributed by atoms with Gasteiger partial charge in [0, 0.05) is 12.5 Å². The van der Waals surface area contributed by atoms with Crippen LogP contribution >= 0.6 is 0 Å². The molecule has 1 unspecified atom stereocenters. The van der Waals surface area contributed by atoms with Crippen molar-refractivity contribution in [3.05, 3.63) is 47.7 Å². The Labute approximate surface area is 111 Å². The number of pyridine rings is 1. The zero-order valence-electron chi connectivity index (χ0n) is 11.0. The molecule has 0 aliphatic rings. The van der Waals surface area contributed by atoms with Crippen LogP contribution in [0.5, 0.6) is 0 Å². The lowest BCUT2D eigenvalue weighted by molar-refractivity contribution is 0.0938. The molecule has 2 aromatic heterocycles. The minimum absolute atomic E-state index is 0.0283. The van der Waals surface area contributed by atoms with Gasteiger partial charge >= 0.3 is 0 Å². The molecule has 2 rings (SSSR count). The third-order valence-corrected chi connectivity index (χ3v) is 2.82. The Balaban J connectivity index is 2.02. The normalized spacial score (nSPS) is 12.1. The zero-order chi connectivity index (χ0) is 13.8. The molecule has 100 valence electrons. The van der Waals surface area contributed by atoms with Gasteiger partial charge in [-0.05, 0) is 32.0 Å². The molecule has 19 heavy (non-hydrogen) atoms. The van der Waals surface area contributed by atoms with Gasteiger partial charge in [-0.25, -0.2) is 0 Å². The summed E-state index contributed by atoms with van der Waals surface area (Å²) in [6.45, 7) is 3.71. The molecule has 0 aliphatic carbocycles.